The number of esters is 1. The zero-order chi connectivity index (χ0) is 20.0. The molecule has 7 heteroatoms. The zero-order valence-electron chi connectivity index (χ0n) is 15.3. The van der Waals surface area contributed by atoms with Gasteiger partial charge in [0.05, 0.1) is 6.20 Å². The van der Waals surface area contributed by atoms with Crippen molar-refractivity contribution in [2.24, 2.45) is 0 Å². The summed E-state index contributed by atoms with van der Waals surface area (Å²) in [4.78, 5) is 35.5. The Morgan fingerprint density at radius 3 is 2.63 bits per heavy atom. The molecule has 0 saturated heterocycles. The molecule has 1 aromatic carbocycles. The second-order valence-electron chi connectivity index (χ2n) is 5.69. The predicted molar refractivity (Wildman–Crippen MR) is 104 cm³/mol. The molecule has 0 radical (unpaired) electrons. The van der Waals surface area contributed by atoms with Gasteiger partial charge in [0.25, 0.3) is 11.3 Å². The summed E-state index contributed by atoms with van der Waals surface area (Å²) in [6.45, 7) is 9.18. The average Bonchev–Trinajstić information content (AvgIpc) is 2.66. The van der Waals surface area contributed by atoms with Crippen LogP contribution in [-0.2, 0) is 17.8 Å². The third-order valence-corrected chi connectivity index (χ3v) is 3.89. The van der Waals surface area contributed by atoms with Crippen molar-refractivity contribution in [2.75, 3.05) is 7.05 Å². The van der Waals surface area contributed by atoms with Gasteiger partial charge in [-0.2, -0.15) is 5.10 Å². The Bertz CT molecular complexity index is 960. The molecule has 0 saturated carbocycles. The normalized spacial score (nSPS) is 10.1. The van der Waals surface area contributed by atoms with Crippen molar-refractivity contribution in [1.82, 2.24) is 15.1 Å². The van der Waals surface area contributed by atoms with Crippen LogP contribution in [0.25, 0.3) is 12.2 Å². The molecular formula is C20H21N3O4. The van der Waals surface area contributed by atoms with Gasteiger partial charge in [0.15, 0.2) is 11.4 Å². The van der Waals surface area contributed by atoms with Crippen LogP contribution in [0.1, 0.15) is 34.1 Å². The minimum atomic E-state index is -0.735. The molecule has 27 heavy (non-hydrogen) atoms. The number of nitrogens with one attached hydrogen (secondary N) is 1. The Morgan fingerprint density at radius 1 is 1.30 bits per heavy atom. The van der Waals surface area contributed by atoms with Crippen molar-refractivity contribution in [1.29, 1.82) is 0 Å². The summed E-state index contributed by atoms with van der Waals surface area (Å²) < 4.78 is 6.35. The van der Waals surface area contributed by atoms with E-state index in [0.29, 0.717) is 13.0 Å². The molecule has 1 aromatic heterocycles. The molecule has 0 bridgehead atoms. The van der Waals surface area contributed by atoms with Crippen molar-refractivity contribution >= 4 is 24.0 Å². The standard InChI is InChI=1S/C20H21N3O4/c1-5-14-8-7-9-15(16(14)6-2)10-11-23-12-17(27-13(3)24)19(25)18(22-23)20(26)21-4/h5-9,12H,1-2,10-11H2,3-4H3,(H,21,26). The Kier molecular flexibility index (Phi) is 6.43. The number of benzene rings is 1. The van der Waals surface area contributed by atoms with Gasteiger partial charge in [-0.25, -0.2) is 0 Å². The number of hydrogen-bond donors (Lipinski definition) is 1. The molecule has 0 aliphatic rings. The van der Waals surface area contributed by atoms with Crippen LogP contribution in [-0.4, -0.2) is 28.7 Å². The summed E-state index contributed by atoms with van der Waals surface area (Å²) in [5, 5.41) is 6.44. The summed E-state index contributed by atoms with van der Waals surface area (Å²) in [5.74, 6) is -1.54. The van der Waals surface area contributed by atoms with E-state index in [0.717, 1.165) is 16.7 Å². The lowest BCUT2D eigenvalue weighted by molar-refractivity contribution is -0.132. The molecule has 0 unspecified atom stereocenters. The quantitative estimate of drug-likeness (QED) is 0.757. The first-order valence-corrected chi connectivity index (χ1v) is 8.30. The number of hydrogen-bond acceptors (Lipinski definition) is 5. The fourth-order valence-electron chi connectivity index (χ4n) is 2.64. The summed E-state index contributed by atoms with van der Waals surface area (Å²) >= 11 is 0. The fourth-order valence-corrected chi connectivity index (χ4v) is 2.64. The molecule has 7 nitrogen and oxygen atoms in total. The molecule has 0 atom stereocenters. The van der Waals surface area contributed by atoms with Crippen molar-refractivity contribution in [3.8, 4) is 5.75 Å². The minimum Gasteiger partial charge on any atom is -0.421 e. The van der Waals surface area contributed by atoms with E-state index in [-0.39, 0.29) is 11.4 Å². The van der Waals surface area contributed by atoms with Crippen molar-refractivity contribution in [3.05, 3.63) is 70.2 Å². The molecule has 1 amide bonds. The Hall–Kier alpha value is -3.48. The molecule has 2 rings (SSSR count). The Morgan fingerprint density at radius 2 is 2.04 bits per heavy atom. The summed E-state index contributed by atoms with van der Waals surface area (Å²) in [7, 11) is 1.39. The van der Waals surface area contributed by atoms with Gasteiger partial charge < -0.3 is 10.1 Å². The molecule has 1 N–H and O–H groups in total. The van der Waals surface area contributed by atoms with Crippen LogP contribution in [0.3, 0.4) is 0 Å². The highest BCUT2D eigenvalue weighted by atomic mass is 16.5. The van der Waals surface area contributed by atoms with Gasteiger partial charge in [0.1, 0.15) is 0 Å². The molecule has 0 fully saturated rings. The highest BCUT2D eigenvalue weighted by Gasteiger charge is 2.18. The third kappa shape index (κ3) is 4.58. The van der Waals surface area contributed by atoms with Crippen LogP contribution >= 0.6 is 0 Å². The summed E-state index contributed by atoms with van der Waals surface area (Å²) in [6.07, 6.45) is 5.39. The molecule has 2 aromatic rings. The van der Waals surface area contributed by atoms with E-state index in [9.17, 15) is 14.4 Å². The zero-order valence-corrected chi connectivity index (χ0v) is 15.3. The van der Waals surface area contributed by atoms with Crippen molar-refractivity contribution in [3.63, 3.8) is 0 Å². The Labute approximate surface area is 157 Å². The number of carbonyl (C=O) groups is 2. The molecule has 1 heterocycles. The van der Waals surface area contributed by atoms with E-state index in [1.54, 1.807) is 12.2 Å². The van der Waals surface area contributed by atoms with Crippen LogP contribution in [0.2, 0.25) is 0 Å². The van der Waals surface area contributed by atoms with Gasteiger partial charge >= 0.3 is 5.97 Å². The van der Waals surface area contributed by atoms with E-state index in [2.05, 4.69) is 23.6 Å². The van der Waals surface area contributed by atoms with Crippen LogP contribution in [0, 0.1) is 0 Å². The largest absolute Gasteiger partial charge is 0.421 e. The lowest BCUT2D eigenvalue weighted by atomic mass is 9.99. The van der Waals surface area contributed by atoms with Gasteiger partial charge in [-0.3, -0.25) is 19.1 Å². The number of carbonyl (C=O) groups excluding carboxylic acids is 2. The van der Waals surface area contributed by atoms with Gasteiger partial charge in [0.2, 0.25) is 0 Å². The second-order valence-corrected chi connectivity index (χ2v) is 5.69. The topological polar surface area (TPSA) is 90.3 Å². The maximum absolute atomic E-state index is 12.3. The van der Waals surface area contributed by atoms with Crippen molar-refractivity contribution < 1.29 is 14.3 Å². The predicted octanol–water partition coefficient (Wildman–Crippen LogP) is 2.06. The lowest BCUT2D eigenvalue weighted by Gasteiger charge is -2.12. The van der Waals surface area contributed by atoms with Gasteiger partial charge in [-0.15, -0.1) is 0 Å². The average molecular weight is 367 g/mol. The molecule has 0 spiro atoms. The lowest BCUT2D eigenvalue weighted by Crippen LogP contribution is -2.30. The SMILES string of the molecule is C=Cc1cccc(CCn2cc(OC(C)=O)c(=O)c(C(=O)NC)n2)c1C=C. The van der Waals surface area contributed by atoms with E-state index in [1.807, 2.05) is 18.2 Å². The molecule has 140 valence electrons. The Balaban J connectivity index is 2.40. The van der Waals surface area contributed by atoms with E-state index < -0.39 is 17.3 Å². The van der Waals surface area contributed by atoms with Crippen LogP contribution < -0.4 is 15.5 Å². The number of rotatable bonds is 7. The maximum atomic E-state index is 12.3. The van der Waals surface area contributed by atoms with Gasteiger partial charge in [0, 0.05) is 20.5 Å². The first kappa shape index (κ1) is 19.8. The fraction of sp³-hybridized carbons (Fsp3) is 0.200. The minimum absolute atomic E-state index is 0.236. The number of ether oxygens (including phenoxy) is 1. The third-order valence-electron chi connectivity index (χ3n) is 3.89. The number of amides is 1. The van der Waals surface area contributed by atoms with E-state index >= 15 is 0 Å². The molecule has 0 aliphatic carbocycles. The monoisotopic (exact) mass is 367 g/mol. The van der Waals surface area contributed by atoms with Crippen molar-refractivity contribution in [2.45, 2.75) is 19.9 Å². The van der Waals surface area contributed by atoms with Crippen LogP contribution in [0.15, 0.2) is 42.3 Å². The van der Waals surface area contributed by atoms with Crippen LogP contribution in [0.4, 0.5) is 0 Å². The maximum Gasteiger partial charge on any atom is 0.308 e. The molecule has 0 aliphatic heterocycles. The number of aryl methyl sites for hydroxylation is 2. The van der Waals surface area contributed by atoms with E-state index in [1.165, 1.54) is 24.9 Å². The summed E-state index contributed by atoms with van der Waals surface area (Å²) in [5.41, 5.74) is 1.86. The molecular weight excluding hydrogens is 346 g/mol. The van der Waals surface area contributed by atoms with Gasteiger partial charge in [-0.1, -0.05) is 43.5 Å². The van der Waals surface area contributed by atoms with Crippen LogP contribution in [0.5, 0.6) is 5.75 Å². The van der Waals surface area contributed by atoms with Gasteiger partial charge in [-0.05, 0) is 23.1 Å². The smallest absolute Gasteiger partial charge is 0.308 e. The summed E-state index contributed by atoms with van der Waals surface area (Å²) in [6, 6.07) is 5.81. The van der Waals surface area contributed by atoms with E-state index in [4.69, 9.17) is 4.74 Å². The first-order chi connectivity index (χ1) is 12.9. The highest BCUT2D eigenvalue weighted by Crippen LogP contribution is 2.18. The highest BCUT2D eigenvalue weighted by molar-refractivity contribution is 5.92. The first-order valence-electron chi connectivity index (χ1n) is 8.30. The number of aromatic nitrogens is 2. The second kappa shape index (κ2) is 8.75. The number of nitrogens with zero attached hydrogens (tertiary/aromatic N) is 2.